The van der Waals surface area contributed by atoms with Crippen molar-refractivity contribution >= 4 is 17.8 Å². The van der Waals surface area contributed by atoms with Gasteiger partial charge in [-0.1, -0.05) is 6.08 Å². The van der Waals surface area contributed by atoms with E-state index in [0.29, 0.717) is 0 Å². The molecule has 0 aromatic carbocycles. The summed E-state index contributed by atoms with van der Waals surface area (Å²) in [5, 5.41) is 1.32. The van der Waals surface area contributed by atoms with Crippen LogP contribution in [0.3, 0.4) is 0 Å². The van der Waals surface area contributed by atoms with Crippen LogP contribution in [0.25, 0.3) is 0 Å². The zero-order valence-corrected chi connectivity index (χ0v) is 10.9. The molecule has 0 bridgehead atoms. The molecule has 0 saturated heterocycles. The first-order valence-corrected chi connectivity index (χ1v) is 5.41. The molecule has 1 unspecified atom stereocenters. The zero-order valence-electron chi connectivity index (χ0n) is 10.9. The highest BCUT2D eigenvalue weighted by Gasteiger charge is 2.62. The van der Waals surface area contributed by atoms with Crippen molar-refractivity contribution in [1.82, 2.24) is 5.32 Å². The lowest BCUT2D eigenvalue weighted by Gasteiger charge is -2.32. The van der Waals surface area contributed by atoms with E-state index in [-0.39, 0.29) is 6.61 Å². The minimum atomic E-state index is -5.18. The van der Waals surface area contributed by atoms with Crippen molar-refractivity contribution in [2.45, 2.75) is 25.1 Å². The van der Waals surface area contributed by atoms with Crippen LogP contribution < -0.4 is 5.32 Å². The molecule has 1 atom stereocenters. The van der Waals surface area contributed by atoms with Gasteiger partial charge in [-0.2, -0.15) is 13.2 Å². The summed E-state index contributed by atoms with van der Waals surface area (Å²) in [6, 6.07) is 0. The van der Waals surface area contributed by atoms with Crippen molar-refractivity contribution < 1.29 is 37.0 Å². The van der Waals surface area contributed by atoms with Crippen LogP contribution in [-0.4, -0.2) is 43.3 Å². The Morgan fingerprint density at radius 2 is 1.85 bits per heavy atom. The van der Waals surface area contributed by atoms with Gasteiger partial charge in [0.1, 0.15) is 0 Å². The Morgan fingerprint density at radius 3 is 2.20 bits per heavy atom. The predicted molar refractivity (Wildman–Crippen MR) is 60.4 cm³/mol. The van der Waals surface area contributed by atoms with E-state index in [1.54, 1.807) is 0 Å². The molecule has 0 aliphatic heterocycles. The molecular weight excluding hydrogens is 283 g/mol. The number of carbonyl (C=O) groups excluding carboxylic acids is 3. The molecule has 0 aromatic heterocycles. The largest absolute Gasteiger partial charge is 0.467 e. The van der Waals surface area contributed by atoms with Crippen molar-refractivity contribution in [1.29, 1.82) is 0 Å². The first-order chi connectivity index (χ1) is 9.16. The molecule has 9 heteroatoms. The number of carbonyl (C=O) groups is 3. The minimum Gasteiger partial charge on any atom is -0.467 e. The second-order valence-corrected chi connectivity index (χ2v) is 3.56. The maximum atomic E-state index is 13.1. The maximum Gasteiger partial charge on any atom is 0.422 e. The van der Waals surface area contributed by atoms with Crippen LogP contribution in [0, 0.1) is 0 Å². The molecule has 1 N–H and O–H groups in total. The lowest BCUT2D eigenvalue weighted by atomic mass is 9.94. The van der Waals surface area contributed by atoms with Gasteiger partial charge >= 0.3 is 24.0 Å². The van der Waals surface area contributed by atoms with Gasteiger partial charge in [-0.3, -0.25) is 4.79 Å². The van der Waals surface area contributed by atoms with E-state index in [0.717, 1.165) is 13.2 Å². The standard InChI is InChI=1S/C11H14F3NO5/c1-4-6-10(9(18)19-3,11(12,13)14)15-7(16)8(17)20-5-2/h4H,1,5-6H2,2-3H3,(H,15,16). The van der Waals surface area contributed by atoms with Crippen LogP contribution in [0.15, 0.2) is 12.7 Å². The van der Waals surface area contributed by atoms with Gasteiger partial charge < -0.3 is 14.8 Å². The predicted octanol–water partition coefficient (Wildman–Crippen LogP) is 0.716. The van der Waals surface area contributed by atoms with E-state index in [4.69, 9.17) is 0 Å². The Morgan fingerprint density at radius 1 is 1.30 bits per heavy atom. The number of halogens is 3. The van der Waals surface area contributed by atoms with E-state index in [9.17, 15) is 27.6 Å². The number of hydrogen-bond acceptors (Lipinski definition) is 5. The monoisotopic (exact) mass is 297 g/mol. The second-order valence-electron chi connectivity index (χ2n) is 3.56. The fourth-order valence-corrected chi connectivity index (χ4v) is 1.32. The smallest absolute Gasteiger partial charge is 0.422 e. The van der Waals surface area contributed by atoms with Gasteiger partial charge in [0.15, 0.2) is 0 Å². The third-order valence-corrected chi connectivity index (χ3v) is 2.26. The number of alkyl halides is 3. The van der Waals surface area contributed by atoms with Crippen LogP contribution in [0.1, 0.15) is 13.3 Å². The summed E-state index contributed by atoms with van der Waals surface area (Å²) in [6.07, 6.45) is -5.40. The van der Waals surface area contributed by atoms with Crippen molar-refractivity contribution in [3.8, 4) is 0 Å². The molecule has 0 heterocycles. The normalized spacial score (nSPS) is 13.8. The minimum absolute atomic E-state index is 0.203. The summed E-state index contributed by atoms with van der Waals surface area (Å²) in [5.74, 6) is -4.99. The highest BCUT2D eigenvalue weighted by molar-refractivity contribution is 6.33. The third kappa shape index (κ3) is 3.72. The van der Waals surface area contributed by atoms with Gasteiger partial charge in [-0.05, 0) is 6.92 Å². The Kier molecular flexibility index (Phi) is 6.21. The van der Waals surface area contributed by atoms with E-state index < -0.39 is 36.0 Å². The zero-order chi connectivity index (χ0) is 16.0. The summed E-state index contributed by atoms with van der Waals surface area (Å²) >= 11 is 0. The van der Waals surface area contributed by atoms with E-state index >= 15 is 0 Å². The molecule has 20 heavy (non-hydrogen) atoms. The van der Waals surface area contributed by atoms with Crippen LogP contribution in [0.2, 0.25) is 0 Å². The Hall–Kier alpha value is -2.06. The second kappa shape index (κ2) is 6.92. The summed E-state index contributed by atoms with van der Waals surface area (Å²) in [5.41, 5.74) is -3.38. The first-order valence-electron chi connectivity index (χ1n) is 5.41. The average Bonchev–Trinajstić information content (AvgIpc) is 2.35. The van der Waals surface area contributed by atoms with E-state index in [1.165, 1.54) is 12.2 Å². The lowest BCUT2D eigenvalue weighted by molar-refractivity contribution is -0.212. The topological polar surface area (TPSA) is 81.7 Å². The molecule has 0 radical (unpaired) electrons. The van der Waals surface area contributed by atoms with Gasteiger partial charge in [-0.15, -0.1) is 6.58 Å². The molecule has 0 spiro atoms. The Labute approximate surface area is 112 Å². The maximum absolute atomic E-state index is 13.1. The molecule has 0 aliphatic carbocycles. The Balaban J connectivity index is 5.52. The number of ether oxygens (including phenoxy) is 2. The number of amides is 1. The molecule has 114 valence electrons. The fourth-order valence-electron chi connectivity index (χ4n) is 1.32. The third-order valence-electron chi connectivity index (χ3n) is 2.26. The van der Waals surface area contributed by atoms with E-state index in [2.05, 4.69) is 16.1 Å². The molecular formula is C11H14F3NO5. The molecule has 0 rings (SSSR count). The molecule has 1 amide bonds. The van der Waals surface area contributed by atoms with Crippen molar-refractivity contribution in [2.75, 3.05) is 13.7 Å². The molecule has 0 fully saturated rings. The summed E-state index contributed by atoms with van der Waals surface area (Å²) < 4.78 is 47.6. The number of nitrogens with one attached hydrogen (secondary N) is 1. The molecule has 0 aromatic rings. The molecule has 6 nitrogen and oxygen atoms in total. The first kappa shape index (κ1) is 17.9. The highest BCUT2D eigenvalue weighted by atomic mass is 19.4. The van der Waals surface area contributed by atoms with Crippen molar-refractivity contribution in [3.63, 3.8) is 0 Å². The van der Waals surface area contributed by atoms with Crippen molar-refractivity contribution in [2.24, 2.45) is 0 Å². The summed E-state index contributed by atoms with van der Waals surface area (Å²) in [6.45, 7) is 4.25. The number of hydrogen-bond donors (Lipinski definition) is 1. The van der Waals surface area contributed by atoms with Gasteiger partial charge in [0, 0.05) is 6.42 Å². The fraction of sp³-hybridized carbons (Fsp3) is 0.545. The summed E-state index contributed by atoms with van der Waals surface area (Å²) in [4.78, 5) is 33.9. The number of esters is 2. The molecule has 0 aliphatic rings. The Bertz CT molecular complexity index is 407. The van der Waals surface area contributed by atoms with Crippen LogP contribution in [0.5, 0.6) is 0 Å². The van der Waals surface area contributed by atoms with Gasteiger partial charge in [0.2, 0.25) is 5.54 Å². The quantitative estimate of drug-likeness (QED) is 0.459. The SMILES string of the molecule is C=CCC(NC(=O)C(=O)OCC)(C(=O)OC)C(F)(F)F. The van der Waals surface area contributed by atoms with Gasteiger partial charge in [0.25, 0.3) is 0 Å². The van der Waals surface area contributed by atoms with Gasteiger partial charge in [-0.25, -0.2) is 9.59 Å². The lowest BCUT2D eigenvalue weighted by Crippen LogP contribution is -2.65. The number of methoxy groups -OCH3 is 1. The number of rotatable bonds is 5. The summed E-state index contributed by atoms with van der Waals surface area (Å²) in [7, 11) is 0.725. The highest BCUT2D eigenvalue weighted by Crippen LogP contribution is 2.34. The van der Waals surface area contributed by atoms with Crippen LogP contribution >= 0.6 is 0 Å². The van der Waals surface area contributed by atoms with Crippen LogP contribution in [0.4, 0.5) is 13.2 Å². The van der Waals surface area contributed by atoms with E-state index in [1.807, 2.05) is 0 Å². The van der Waals surface area contributed by atoms with Crippen molar-refractivity contribution in [3.05, 3.63) is 12.7 Å². The molecule has 0 saturated carbocycles. The average molecular weight is 297 g/mol. The van der Waals surface area contributed by atoms with Gasteiger partial charge in [0.05, 0.1) is 13.7 Å². The van der Waals surface area contributed by atoms with Crippen LogP contribution in [-0.2, 0) is 23.9 Å².